The second-order valence-electron chi connectivity index (χ2n) is 4.85. The summed E-state index contributed by atoms with van der Waals surface area (Å²) < 4.78 is 67.9. The largest absolute Gasteiger partial charge is 2.00 e. The molecule has 0 atom stereocenters. The molecule has 4 rings (SSSR count). The summed E-state index contributed by atoms with van der Waals surface area (Å²) in [4.78, 5) is 15.1. The fourth-order valence-electron chi connectivity index (χ4n) is 1.25. The minimum Gasteiger partial charge on any atom is -0.265 e. The second-order valence-corrected chi connectivity index (χ2v) is 6.37. The molecule has 0 aliphatic rings. The molecule has 0 N–H and O–H groups in total. The third kappa shape index (κ3) is 59.3. The molecule has 0 aromatic carbocycles. The maximum absolute atomic E-state index is 8.49. The van der Waals surface area contributed by atoms with Crippen LogP contribution in [0.15, 0.2) is 122 Å². The van der Waals surface area contributed by atoms with Crippen LogP contribution < -0.4 is 37.3 Å². The van der Waals surface area contributed by atoms with Crippen LogP contribution in [0.1, 0.15) is 0 Å². The summed E-state index contributed by atoms with van der Waals surface area (Å²) >= 11 is 0. The van der Waals surface area contributed by atoms with Crippen molar-refractivity contribution in [3.8, 4) is 0 Å². The summed E-state index contributed by atoms with van der Waals surface area (Å²) in [5.41, 5.74) is 0. The van der Waals surface area contributed by atoms with Gasteiger partial charge in [-0.2, -0.15) is 0 Å². The van der Waals surface area contributed by atoms with Gasteiger partial charge in [-0.05, 0) is 48.5 Å². The Labute approximate surface area is 216 Å². The number of hydrogen-bond acceptors (Lipinski definition) is 12. The molecule has 0 bridgehead atoms. The second kappa shape index (κ2) is 26.0. The van der Waals surface area contributed by atoms with Crippen molar-refractivity contribution in [2.24, 2.45) is 0 Å². The van der Waals surface area contributed by atoms with Crippen LogP contribution >= 0.6 is 0 Å². The van der Waals surface area contributed by atoms with E-state index in [0.29, 0.717) is 0 Å². The summed E-state index contributed by atoms with van der Waals surface area (Å²) in [6, 6.07) is 22.9. The van der Waals surface area contributed by atoms with Crippen LogP contribution in [0.5, 0.6) is 0 Å². The van der Waals surface area contributed by atoms with Crippen LogP contribution in [0.25, 0.3) is 0 Å². The molecular weight excluding hydrogens is 559 g/mol. The molecule has 0 saturated carbocycles. The average molecular weight is 579 g/mol. The van der Waals surface area contributed by atoms with E-state index in [1.165, 1.54) is 0 Å². The Morgan fingerprint density at radius 2 is 0.400 bits per heavy atom. The van der Waals surface area contributed by atoms with Crippen molar-refractivity contribution in [2.45, 2.75) is 0 Å². The van der Waals surface area contributed by atoms with Gasteiger partial charge in [-0.1, -0.05) is 24.3 Å². The van der Waals surface area contributed by atoms with Crippen LogP contribution in [-0.2, 0) is 17.1 Å². The fourth-order valence-corrected chi connectivity index (χ4v) is 1.25. The van der Waals surface area contributed by atoms with Crippen molar-refractivity contribution < 1.29 is 74.8 Å². The van der Waals surface area contributed by atoms with E-state index in [1.54, 1.807) is 49.6 Å². The predicted octanol–water partition coefficient (Wildman–Crippen LogP) is -5.19. The normalized spacial score (nSPS) is 8.91. The van der Waals surface area contributed by atoms with Crippen molar-refractivity contribution in [1.82, 2.24) is 19.9 Å². The van der Waals surface area contributed by atoms with E-state index in [0.717, 1.165) is 0 Å². The topological polar surface area (TPSA) is 236 Å². The van der Waals surface area contributed by atoms with E-state index in [2.05, 4.69) is 19.9 Å². The maximum atomic E-state index is 8.49. The van der Waals surface area contributed by atoms with Crippen LogP contribution in [-0.4, -0.2) is 19.9 Å². The third-order valence-electron chi connectivity index (χ3n) is 2.27. The molecule has 15 heteroatoms. The first-order valence-electron chi connectivity index (χ1n) is 8.63. The molecule has 0 aliphatic heterocycles. The molecule has 0 saturated heterocycles. The molecule has 4 aromatic rings. The fraction of sp³-hybridized carbons (Fsp3) is 0. The van der Waals surface area contributed by atoms with Gasteiger partial charge >= 0.3 is 17.1 Å². The number of rotatable bonds is 0. The monoisotopic (exact) mass is 577 g/mol. The molecule has 0 aliphatic carbocycles. The summed E-state index contributed by atoms with van der Waals surface area (Å²) in [5, 5.41) is 0. The van der Waals surface area contributed by atoms with Gasteiger partial charge in [0, 0.05) is 49.6 Å². The molecule has 0 unspecified atom stereocenters. The van der Waals surface area contributed by atoms with Gasteiger partial charge < -0.3 is 0 Å². The Morgan fingerprint density at radius 1 is 0.286 bits per heavy atom. The van der Waals surface area contributed by atoms with E-state index in [-0.39, 0.29) is 17.1 Å². The van der Waals surface area contributed by atoms with Gasteiger partial charge in [0.2, 0.25) is 0 Å². The summed E-state index contributed by atoms with van der Waals surface area (Å²) in [5.74, 6) is 0. The number of pyridine rings is 4. The van der Waals surface area contributed by atoms with Gasteiger partial charge in [0.15, 0.2) is 0 Å². The molecular formula is C20H20Cl2CuN4O8. The minimum absolute atomic E-state index is 0. The molecule has 1 radical (unpaired) electrons. The van der Waals surface area contributed by atoms with Gasteiger partial charge in [0.25, 0.3) is 0 Å². The first-order chi connectivity index (χ1) is 16.0. The number of nitrogens with zero attached hydrogens (tertiary/aromatic N) is 4. The van der Waals surface area contributed by atoms with Crippen LogP contribution in [0, 0.1) is 20.5 Å². The number of hydrogen-bond donors (Lipinski definition) is 0. The molecule has 0 amide bonds. The molecule has 193 valence electrons. The van der Waals surface area contributed by atoms with Crippen LogP contribution in [0.3, 0.4) is 0 Å². The Morgan fingerprint density at radius 3 is 0.429 bits per heavy atom. The minimum atomic E-state index is -4.94. The standard InChI is InChI=1S/4C5H5N.2ClHO4.Cu/c4*1-2-4-6-5-3-1;2*2-1(3,4)5;/h4*1-5H;2*(H,2,3,4,5);/q;;;;;;+2/p-2. The number of halogens is 2. The zero-order valence-electron chi connectivity index (χ0n) is 17.7. The van der Waals surface area contributed by atoms with Crippen molar-refractivity contribution in [3.05, 3.63) is 122 Å². The van der Waals surface area contributed by atoms with E-state index in [1.807, 2.05) is 72.8 Å². The molecule has 4 aromatic heterocycles. The van der Waals surface area contributed by atoms with Gasteiger partial charge in [0.1, 0.15) is 0 Å². The third-order valence-corrected chi connectivity index (χ3v) is 2.27. The zero-order chi connectivity index (χ0) is 26.0. The van der Waals surface area contributed by atoms with Crippen LogP contribution in [0.2, 0.25) is 0 Å². The predicted molar refractivity (Wildman–Crippen MR) is 96.9 cm³/mol. The van der Waals surface area contributed by atoms with Gasteiger partial charge in [0.05, 0.1) is 0 Å². The molecule has 35 heavy (non-hydrogen) atoms. The SMILES string of the molecule is [Cu+2].[O-][Cl+3]([O-])([O-])[O-].[O-][Cl+3]([O-])([O-])[O-].c1ccncc1.c1ccncc1.c1ccncc1.c1ccncc1. The van der Waals surface area contributed by atoms with Gasteiger partial charge in [-0.25, -0.2) is 37.3 Å². The molecule has 4 heterocycles. The summed E-state index contributed by atoms with van der Waals surface area (Å²) in [6.07, 6.45) is 14.0. The van der Waals surface area contributed by atoms with Crippen molar-refractivity contribution in [2.75, 3.05) is 0 Å². The Bertz CT molecular complexity index is 611. The van der Waals surface area contributed by atoms with Gasteiger partial charge in [-0.15, -0.1) is 20.5 Å². The van der Waals surface area contributed by atoms with Crippen molar-refractivity contribution in [3.63, 3.8) is 0 Å². The Kier molecular flexibility index (Phi) is 27.4. The first-order valence-corrected chi connectivity index (χ1v) is 11.1. The quantitative estimate of drug-likeness (QED) is 0.178. The first kappa shape index (κ1) is 36.9. The van der Waals surface area contributed by atoms with Crippen LogP contribution in [0.4, 0.5) is 0 Å². The van der Waals surface area contributed by atoms with E-state index < -0.39 is 20.5 Å². The molecule has 0 fully saturated rings. The summed E-state index contributed by atoms with van der Waals surface area (Å²) in [6.45, 7) is 0. The smallest absolute Gasteiger partial charge is 0.265 e. The summed E-state index contributed by atoms with van der Waals surface area (Å²) in [7, 11) is -9.89. The van der Waals surface area contributed by atoms with E-state index in [4.69, 9.17) is 37.3 Å². The van der Waals surface area contributed by atoms with Crippen molar-refractivity contribution in [1.29, 1.82) is 0 Å². The van der Waals surface area contributed by atoms with E-state index in [9.17, 15) is 0 Å². The molecule has 0 spiro atoms. The maximum Gasteiger partial charge on any atom is 2.00 e. The molecule has 12 nitrogen and oxygen atoms in total. The Hall–Kier alpha value is -2.62. The van der Waals surface area contributed by atoms with Gasteiger partial charge in [-0.3, -0.25) is 19.9 Å². The Balaban J connectivity index is -0.000000350. The zero-order valence-corrected chi connectivity index (χ0v) is 20.1. The number of aromatic nitrogens is 4. The van der Waals surface area contributed by atoms with E-state index >= 15 is 0 Å². The van der Waals surface area contributed by atoms with Crippen molar-refractivity contribution >= 4 is 0 Å². The average Bonchev–Trinajstić information content (AvgIpc) is 2.83.